The smallest absolute Gasteiger partial charge is 0.143 e. The highest BCUT2D eigenvalue weighted by molar-refractivity contribution is 6.23. The van der Waals surface area contributed by atoms with Crippen molar-refractivity contribution in [3.05, 3.63) is 182 Å². The molecule has 1 heteroatoms. The average Bonchev–Trinajstić information content (AvgIpc) is 3.66. The van der Waals surface area contributed by atoms with Gasteiger partial charge in [-0.05, 0) is 112 Å². The molecule has 0 N–H and O–H groups in total. The molecule has 1 aromatic heterocycles. The molecule has 0 aliphatic heterocycles. The molecule has 0 atom stereocenters. The lowest BCUT2D eigenvalue weighted by Gasteiger charge is -2.18. The zero-order valence-corrected chi connectivity index (χ0v) is 27.1. The second kappa shape index (κ2) is 10.9. The highest BCUT2D eigenvalue weighted by Gasteiger charge is 2.19. The minimum Gasteiger partial charge on any atom is -0.455 e. The van der Waals surface area contributed by atoms with Crippen LogP contribution in [0.15, 0.2) is 186 Å². The molecule has 1 heterocycles. The summed E-state index contributed by atoms with van der Waals surface area (Å²) in [6.45, 7) is 0. The van der Waals surface area contributed by atoms with Crippen LogP contribution >= 0.6 is 0 Å². The van der Waals surface area contributed by atoms with E-state index in [1.54, 1.807) is 6.07 Å². The quantitative estimate of drug-likeness (QED) is 0.136. The van der Waals surface area contributed by atoms with Gasteiger partial charge in [0.2, 0.25) is 0 Å². The molecule has 0 unspecified atom stereocenters. The van der Waals surface area contributed by atoms with E-state index in [0.717, 1.165) is 54.2 Å². The van der Waals surface area contributed by atoms with Gasteiger partial charge in [0.05, 0.1) is 11.0 Å². The monoisotopic (exact) mass is 654 g/mol. The Balaban J connectivity index is 1.28. The van der Waals surface area contributed by atoms with Gasteiger partial charge >= 0.3 is 0 Å². The predicted octanol–water partition coefficient (Wildman–Crippen LogP) is 14.4. The van der Waals surface area contributed by atoms with Gasteiger partial charge in [-0.1, -0.05) is 151 Å². The van der Waals surface area contributed by atoms with Crippen LogP contribution in [0.4, 0.5) is 0 Å². The van der Waals surface area contributed by atoms with Crippen LogP contribution in [0.5, 0.6) is 0 Å². The highest BCUT2D eigenvalue weighted by atomic mass is 16.3. The standard InChI is InChI=1S/C50H30O/c1-4-17-37-31(12-1)24-26-44-46-30-35(25-27-47(46)51-50(37)44)49-42-22-9-7-20-40(42)48(41-21-8-10-23-43(41)49)34-15-11-14-32(28-34)45-29-33-13-2-3-16-36(33)38-18-5-6-19-39(38)45/h1-30H/i7D,8D,9D,10D,20D,21D,22D,23D. The van der Waals surface area contributed by atoms with Crippen molar-refractivity contribution >= 4 is 75.8 Å². The zero-order valence-electron chi connectivity index (χ0n) is 35.1. The minimum atomic E-state index is -0.437. The van der Waals surface area contributed by atoms with Gasteiger partial charge in [-0.3, -0.25) is 0 Å². The maximum absolute atomic E-state index is 9.48. The molecule has 10 aromatic carbocycles. The number of benzene rings is 10. The van der Waals surface area contributed by atoms with Gasteiger partial charge in [-0.25, -0.2) is 0 Å². The largest absolute Gasteiger partial charge is 0.455 e. The first-order valence-electron chi connectivity index (χ1n) is 20.9. The SMILES string of the molecule is [2H]c1c([2H])c([2H])c2c(-c3ccc4oc5c6ccccc6ccc5c4c3)c3c([2H])c([2H])c([2H])c([2H])c3c(-c3cccc(-c4cc5ccccc5c5ccccc45)c3)c2c1[2H]. The number of fused-ring (bicyclic) bond motifs is 10. The van der Waals surface area contributed by atoms with E-state index in [1.165, 1.54) is 0 Å². The Morgan fingerprint density at radius 1 is 0.353 bits per heavy atom. The van der Waals surface area contributed by atoms with E-state index in [1.807, 2.05) is 97.1 Å². The molecule has 0 saturated heterocycles. The lowest BCUT2D eigenvalue weighted by Crippen LogP contribution is -1.91. The second-order valence-corrected chi connectivity index (χ2v) is 13.0. The average molecular weight is 655 g/mol. The van der Waals surface area contributed by atoms with Crippen LogP contribution in [0.2, 0.25) is 0 Å². The van der Waals surface area contributed by atoms with Gasteiger partial charge in [0.1, 0.15) is 11.2 Å². The van der Waals surface area contributed by atoms with Crippen LogP contribution in [0, 0.1) is 0 Å². The molecule has 11 aromatic rings. The van der Waals surface area contributed by atoms with Crippen LogP contribution in [0.3, 0.4) is 0 Å². The summed E-state index contributed by atoms with van der Waals surface area (Å²) in [7, 11) is 0. The van der Waals surface area contributed by atoms with Crippen molar-refractivity contribution in [3.8, 4) is 33.4 Å². The summed E-state index contributed by atoms with van der Waals surface area (Å²) in [5, 5.41) is 8.59. The summed E-state index contributed by atoms with van der Waals surface area (Å²) in [5.41, 5.74) is 4.83. The van der Waals surface area contributed by atoms with E-state index in [-0.39, 0.29) is 45.7 Å². The third-order valence-corrected chi connectivity index (χ3v) is 10.3. The molecule has 236 valence electrons. The molecule has 51 heavy (non-hydrogen) atoms. The molecule has 0 aliphatic carbocycles. The topological polar surface area (TPSA) is 13.1 Å². The van der Waals surface area contributed by atoms with Crippen molar-refractivity contribution < 1.29 is 15.4 Å². The first-order chi connectivity index (χ1) is 28.6. The fourth-order valence-corrected chi connectivity index (χ4v) is 8.00. The maximum atomic E-state index is 9.48. The molecule has 0 fully saturated rings. The maximum Gasteiger partial charge on any atom is 0.143 e. The van der Waals surface area contributed by atoms with Crippen molar-refractivity contribution in [2.45, 2.75) is 0 Å². The highest BCUT2D eigenvalue weighted by Crippen LogP contribution is 2.46. The molecule has 1 nitrogen and oxygen atoms in total. The number of rotatable bonds is 3. The van der Waals surface area contributed by atoms with Crippen molar-refractivity contribution in [1.82, 2.24) is 0 Å². The summed E-state index contributed by atoms with van der Waals surface area (Å²) in [5.74, 6) is 0. The van der Waals surface area contributed by atoms with Gasteiger partial charge in [-0.15, -0.1) is 0 Å². The molecule has 11 rings (SSSR count). The lowest BCUT2D eigenvalue weighted by atomic mass is 9.85. The van der Waals surface area contributed by atoms with Crippen LogP contribution in [-0.2, 0) is 0 Å². The van der Waals surface area contributed by atoms with E-state index in [2.05, 4.69) is 30.3 Å². The van der Waals surface area contributed by atoms with Crippen LogP contribution in [0.25, 0.3) is 109 Å². The Bertz CT molecular complexity index is 3580. The summed E-state index contributed by atoms with van der Waals surface area (Å²) < 4.78 is 79.9. The number of hydrogen-bond donors (Lipinski definition) is 0. The molecule has 0 bridgehead atoms. The second-order valence-electron chi connectivity index (χ2n) is 13.0. The fraction of sp³-hybridized carbons (Fsp3) is 0. The number of hydrogen-bond acceptors (Lipinski definition) is 1. The minimum absolute atomic E-state index is 0.169. The van der Waals surface area contributed by atoms with Crippen LogP contribution in [0.1, 0.15) is 11.0 Å². The third kappa shape index (κ3) is 4.22. The number of furan rings is 1. The van der Waals surface area contributed by atoms with E-state index in [4.69, 9.17) is 9.90 Å². The zero-order chi connectivity index (χ0) is 40.4. The first-order valence-corrected chi connectivity index (χ1v) is 16.9. The third-order valence-electron chi connectivity index (χ3n) is 10.3. The van der Waals surface area contributed by atoms with Crippen molar-refractivity contribution in [1.29, 1.82) is 0 Å². The Morgan fingerprint density at radius 2 is 0.941 bits per heavy atom. The molecular weight excluding hydrogens is 617 g/mol. The summed E-state index contributed by atoms with van der Waals surface area (Å²) in [4.78, 5) is 0. The van der Waals surface area contributed by atoms with Crippen LogP contribution in [-0.4, -0.2) is 0 Å². The predicted molar refractivity (Wildman–Crippen MR) is 218 cm³/mol. The van der Waals surface area contributed by atoms with Gasteiger partial charge in [0, 0.05) is 16.2 Å². The normalized spacial score (nSPS) is 14.1. The van der Waals surface area contributed by atoms with Crippen molar-refractivity contribution in [3.63, 3.8) is 0 Å². The first kappa shape index (κ1) is 21.4. The Kier molecular flexibility index (Phi) is 4.57. The van der Waals surface area contributed by atoms with Gasteiger partial charge in [0.15, 0.2) is 0 Å². The molecule has 0 spiro atoms. The van der Waals surface area contributed by atoms with Gasteiger partial charge < -0.3 is 4.42 Å². The summed E-state index contributed by atoms with van der Waals surface area (Å²) >= 11 is 0. The van der Waals surface area contributed by atoms with Crippen LogP contribution < -0.4 is 0 Å². The van der Waals surface area contributed by atoms with E-state index >= 15 is 0 Å². The molecule has 0 radical (unpaired) electrons. The lowest BCUT2D eigenvalue weighted by molar-refractivity contribution is 0.672. The summed E-state index contributed by atoms with van der Waals surface area (Å²) in [6.07, 6.45) is 0. The molecule has 0 amide bonds. The van der Waals surface area contributed by atoms with E-state index in [0.29, 0.717) is 33.4 Å². The molecular formula is C50H30O. The van der Waals surface area contributed by atoms with E-state index in [9.17, 15) is 5.48 Å². The van der Waals surface area contributed by atoms with Crippen molar-refractivity contribution in [2.24, 2.45) is 0 Å². The van der Waals surface area contributed by atoms with Crippen molar-refractivity contribution in [2.75, 3.05) is 0 Å². The van der Waals surface area contributed by atoms with Gasteiger partial charge in [-0.2, -0.15) is 0 Å². The van der Waals surface area contributed by atoms with E-state index < -0.39 is 24.2 Å². The fourth-order valence-electron chi connectivity index (χ4n) is 8.00. The Morgan fingerprint density at radius 3 is 1.67 bits per heavy atom. The summed E-state index contributed by atoms with van der Waals surface area (Å²) in [6, 6.07) is 40.8. The Hall–Kier alpha value is -6.70. The molecule has 0 saturated carbocycles. The Labute approximate surface area is 305 Å². The molecule has 0 aliphatic rings. The van der Waals surface area contributed by atoms with Gasteiger partial charge in [0.25, 0.3) is 0 Å².